The number of hydrogen-bond donors (Lipinski definition) is 1. The Hall–Kier alpha value is -2.49. The predicted molar refractivity (Wildman–Crippen MR) is 76.2 cm³/mol. The van der Waals surface area contributed by atoms with Crippen LogP contribution in [-0.4, -0.2) is 16.9 Å². The molecule has 4 heteroatoms. The van der Waals surface area contributed by atoms with Crippen LogP contribution in [0.1, 0.15) is 5.56 Å². The number of fused-ring (bicyclic) bond motifs is 1. The van der Waals surface area contributed by atoms with Gasteiger partial charge in [-0.2, -0.15) is 5.10 Å². The Labute approximate surface area is 111 Å². The van der Waals surface area contributed by atoms with E-state index in [1.165, 1.54) is 5.56 Å². The summed E-state index contributed by atoms with van der Waals surface area (Å²) in [5.41, 5.74) is 8.81. The Kier molecular flexibility index (Phi) is 2.83. The Balaban J connectivity index is 1.93. The lowest BCUT2D eigenvalue weighted by Crippen LogP contribution is -2.01. The van der Waals surface area contributed by atoms with Crippen molar-refractivity contribution in [2.24, 2.45) is 0 Å². The molecule has 3 aromatic rings. The third kappa shape index (κ3) is 2.25. The molecule has 0 unspecified atom stereocenters. The Morgan fingerprint density at radius 1 is 1.16 bits per heavy atom. The van der Waals surface area contributed by atoms with Gasteiger partial charge in [-0.3, -0.25) is 4.68 Å². The fourth-order valence-corrected chi connectivity index (χ4v) is 2.12. The van der Waals surface area contributed by atoms with Gasteiger partial charge in [0.15, 0.2) is 0 Å². The summed E-state index contributed by atoms with van der Waals surface area (Å²) in [6, 6.07) is 13.8. The number of ether oxygens (including phenoxy) is 1. The van der Waals surface area contributed by atoms with Crippen molar-refractivity contribution in [2.45, 2.75) is 6.54 Å². The second-order valence-corrected chi connectivity index (χ2v) is 4.47. The highest BCUT2D eigenvalue weighted by Crippen LogP contribution is 2.19. The predicted octanol–water partition coefficient (Wildman–Crippen LogP) is 2.68. The van der Waals surface area contributed by atoms with Gasteiger partial charge in [-0.1, -0.05) is 12.1 Å². The fourth-order valence-electron chi connectivity index (χ4n) is 2.12. The van der Waals surface area contributed by atoms with Crippen molar-refractivity contribution >= 4 is 16.6 Å². The molecule has 4 nitrogen and oxygen atoms in total. The second-order valence-electron chi connectivity index (χ2n) is 4.47. The summed E-state index contributed by atoms with van der Waals surface area (Å²) < 4.78 is 7.10. The first kappa shape index (κ1) is 11.6. The maximum atomic E-state index is 5.83. The SMILES string of the molecule is COc1ccc(Cn2ncc3ccc(N)cc32)cc1. The van der Waals surface area contributed by atoms with E-state index in [4.69, 9.17) is 10.5 Å². The van der Waals surface area contributed by atoms with Crippen LogP contribution in [0.4, 0.5) is 5.69 Å². The summed E-state index contributed by atoms with van der Waals surface area (Å²) in [6.07, 6.45) is 1.86. The van der Waals surface area contributed by atoms with Crippen LogP contribution in [0.15, 0.2) is 48.7 Å². The van der Waals surface area contributed by atoms with Gasteiger partial charge in [0.1, 0.15) is 5.75 Å². The van der Waals surface area contributed by atoms with Crippen molar-refractivity contribution in [1.82, 2.24) is 9.78 Å². The molecule has 1 heterocycles. The van der Waals surface area contributed by atoms with Crippen LogP contribution >= 0.6 is 0 Å². The minimum Gasteiger partial charge on any atom is -0.497 e. The van der Waals surface area contributed by atoms with E-state index in [0.29, 0.717) is 0 Å². The molecule has 0 bridgehead atoms. The van der Waals surface area contributed by atoms with E-state index in [9.17, 15) is 0 Å². The number of hydrogen-bond acceptors (Lipinski definition) is 3. The van der Waals surface area contributed by atoms with Crippen molar-refractivity contribution in [3.8, 4) is 5.75 Å². The van der Waals surface area contributed by atoms with E-state index >= 15 is 0 Å². The van der Waals surface area contributed by atoms with Crippen molar-refractivity contribution in [3.05, 3.63) is 54.2 Å². The van der Waals surface area contributed by atoms with Crippen molar-refractivity contribution in [3.63, 3.8) is 0 Å². The Morgan fingerprint density at radius 2 is 1.95 bits per heavy atom. The van der Waals surface area contributed by atoms with Crippen LogP contribution in [0, 0.1) is 0 Å². The molecule has 0 spiro atoms. The lowest BCUT2D eigenvalue weighted by atomic mass is 10.2. The first-order valence-corrected chi connectivity index (χ1v) is 6.10. The third-order valence-electron chi connectivity index (χ3n) is 3.16. The lowest BCUT2D eigenvalue weighted by molar-refractivity contribution is 0.414. The van der Waals surface area contributed by atoms with Gasteiger partial charge in [0, 0.05) is 11.1 Å². The summed E-state index contributed by atoms with van der Waals surface area (Å²) in [4.78, 5) is 0. The van der Waals surface area contributed by atoms with Crippen LogP contribution in [0.25, 0.3) is 10.9 Å². The van der Waals surface area contributed by atoms with Gasteiger partial charge >= 0.3 is 0 Å². The summed E-state index contributed by atoms with van der Waals surface area (Å²) >= 11 is 0. The van der Waals surface area contributed by atoms with Crippen molar-refractivity contribution < 1.29 is 4.74 Å². The van der Waals surface area contributed by atoms with E-state index in [0.717, 1.165) is 28.9 Å². The largest absolute Gasteiger partial charge is 0.497 e. The molecule has 96 valence electrons. The number of nitrogens with zero attached hydrogens (tertiary/aromatic N) is 2. The smallest absolute Gasteiger partial charge is 0.118 e. The number of nitrogen functional groups attached to an aromatic ring is 1. The zero-order chi connectivity index (χ0) is 13.2. The molecule has 2 N–H and O–H groups in total. The number of benzene rings is 2. The summed E-state index contributed by atoms with van der Waals surface area (Å²) in [7, 11) is 1.67. The summed E-state index contributed by atoms with van der Waals surface area (Å²) in [5.74, 6) is 0.860. The molecule has 0 amide bonds. The second kappa shape index (κ2) is 4.65. The lowest BCUT2D eigenvalue weighted by Gasteiger charge is -2.05. The van der Waals surface area contributed by atoms with E-state index in [-0.39, 0.29) is 0 Å². The van der Waals surface area contributed by atoms with Gasteiger partial charge in [0.25, 0.3) is 0 Å². The van der Waals surface area contributed by atoms with Crippen molar-refractivity contribution in [2.75, 3.05) is 12.8 Å². The molecule has 1 aromatic heterocycles. The van der Waals surface area contributed by atoms with Crippen LogP contribution in [0.3, 0.4) is 0 Å². The van der Waals surface area contributed by atoms with E-state index in [1.54, 1.807) is 7.11 Å². The number of methoxy groups -OCH3 is 1. The van der Waals surface area contributed by atoms with E-state index in [2.05, 4.69) is 5.10 Å². The average molecular weight is 253 g/mol. The molecular weight excluding hydrogens is 238 g/mol. The monoisotopic (exact) mass is 253 g/mol. The maximum absolute atomic E-state index is 5.83. The van der Waals surface area contributed by atoms with E-state index < -0.39 is 0 Å². The number of nitrogens with two attached hydrogens (primary N) is 1. The van der Waals surface area contributed by atoms with Gasteiger partial charge < -0.3 is 10.5 Å². The molecule has 0 radical (unpaired) electrons. The molecule has 0 atom stereocenters. The maximum Gasteiger partial charge on any atom is 0.118 e. The highest BCUT2D eigenvalue weighted by Gasteiger charge is 2.04. The number of anilines is 1. The molecule has 0 fully saturated rings. The zero-order valence-corrected chi connectivity index (χ0v) is 10.7. The average Bonchev–Trinajstić information content (AvgIpc) is 2.82. The van der Waals surface area contributed by atoms with E-state index in [1.807, 2.05) is 53.3 Å². The van der Waals surface area contributed by atoms with Crippen LogP contribution < -0.4 is 10.5 Å². The minimum atomic E-state index is 0.719. The highest BCUT2D eigenvalue weighted by atomic mass is 16.5. The number of aromatic nitrogens is 2. The first-order chi connectivity index (χ1) is 9.26. The molecule has 0 saturated carbocycles. The van der Waals surface area contributed by atoms with Gasteiger partial charge in [0.05, 0.1) is 25.4 Å². The molecule has 0 aliphatic rings. The van der Waals surface area contributed by atoms with Gasteiger partial charge in [-0.25, -0.2) is 0 Å². The number of rotatable bonds is 3. The van der Waals surface area contributed by atoms with Gasteiger partial charge in [-0.15, -0.1) is 0 Å². The molecule has 0 aliphatic carbocycles. The molecular formula is C15H15N3O. The Bertz CT molecular complexity index is 701. The van der Waals surface area contributed by atoms with Crippen molar-refractivity contribution in [1.29, 1.82) is 0 Å². The molecule has 0 saturated heterocycles. The molecule has 19 heavy (non-hydrogen) atoms. The normalized spacial score (nSPS) is 10.8. The standard InChI is InChI=1S/C15H15N3O/c1-19-14-6-2-11(3-7-14)10-18-15-8-13(16)5-4-12(15)9-17-18/h2-9H,10,16H2,1H3. The highest BCUT2D eigenvalue weighted by molar-refractivity contribution is 5.81. The minimum absolute atomic E-state index is 0.719. The topological polar surface area (TPSA) is 53.1 Å². The zero-order valence-electron chi connectivity index (χ0n) is 10.7. The summed E-state index contributed by atoms with van der Waals surface area (Å²) in [6.45, 7) is 0.719. The fraction of sp³-hybridized carbons (Fsp3) is 0.133. The third-order valence-corrected chi connectivity index (χ3v) is 3.16. The van der Waals surface area contributed by atoms with Crippen LogP contribution in [0.5, 0.6) is 5.75 Å². The Morgan fingerprint density at radius 3 is 2.68 bits per heavy atom. The van der Waals surface area contributed by atoms with Crippen LogP contribution in [0.2, 0.25) is 0 Å². The molecule has 2 aromatic carbocycles. The van der Waals surface area contributed by atoms with Gasteiger partial charge in [-0.05, 0) is 35.9 Å². The quantitative estimate of drug-likeness (QED) is 0.730. The first-order valence-electron chi connectivity index (χ1n) is 6.10. The summed E-state index contributed by atoms with van der Waals surface area (Å²) in [5, 5.41) is 5.50. The molecule has 3 rings (SSSR count). The van der Waals surface area contributed by atoms with Gasteiger partial charge in [0.2, 0.25) is 0 Å². The van der Waals surface area contributed by atoms with Crippen LogP contribution in [-0.2, 0) is 6.54 Å². The molecule has 0 aliphatic heterocycles.